The van der Waals surface area contributed by atoms with Crippen LogP contribution in [-0.4, -0.2) is 47.8 Å². The molecule has 4 rings (SSSR count). The van der Waals surface area contributed by atoms with Crippen molar-refractivity contribution in [3.05, 3.63) is 52.2 Å². The summed E-state index contributed by atoms with van der Waals surface area (Å²) in [6.07, 6.45) is 4.04. The fourth-order valence-corrected chi connectivity index (χ4v) is 5.31. The minimum Gasteiger partial charge on any atom is -0.493 e. The Hall–Kier alpha value is -3.59. The van der Waals surface area contributed by atoms with Crippen LogP contribution in [0.15, 0.2) is 41.1 Å². The number of hydrogen-bond donors (Lipinski definition) is 2. The van der Waals surface area contributed by atoms with Crippen molar-refractivity contribution in [2.75, 3.05) is 42.7 Å². The number of nitrogens with one attached hydrogen (secondary N) is 2. The van der Waals surface area contributed by atoms with Gasteiger partial charge < -0.3 is 39.1 Å². The van der Waals surface area contributed by atoms with E-state index in [2.05, 4.69) is 23.6 Å². The van der Waals surface area contributed by atoms with Gasteiger partial charge in [0.15, 0.2) is 28.1 Å². The molecule has 37 heavy (non-hydrogen) atoms. The van der Waals surface area contributed by atoms with Crippen LogP contribution in [0.3, 0.4) is 0 Å². The topological polar surface area (TPSA) is 79.4 Å². The zero-order chi connectivity index (χ0) is 26.7. The van der Waals surface area contributed by atoms with Crippen molar-refractivity contribution in [1.29, 1.82) is 0 Å². The molecule has 0 saturated carbocycles. The Labute approximate surface area is 223 Å². The van der Waals surface area contributed by atoms with Gasteiger partial charge in [-0.05, 0) is 83.6 Å². The van der Waals surface area contributed by atoms with E-state index in [4.69, 9.17) is 40.6 Å². The van der Waals surface area contributed by atoms with Crippen molar-refractivity contribution in [2.24, 2.45) is 5.92 Å². The first-order valence-electron chi connectivity index (χ1n) is 12.0. The predicted molar refractivity (Wildman–Crippen MR) is 147 cm³/mol. The highest BCUT2D eigenvalue weighted by Gasteiger charge is 2.35. The van der Waals surface area contributed by atoms with Gasteiger partial charge in [0.1, 0.15) is 0 Å². The molecule has 9 heteroatoms. The average molecular weight is 527 g/mol. The lowest BCUT2D eigenvalue weighted by Crippen LogP contribution is -2.46. The molecular formula is C28H34N2O6S. The van der Waals surface area contributed by atoms with Crippen LogP contribution in [0.5, 0.6) is 34.5 Å². The minimum atomic E-state index is -0.156. The van der Waals surface area contributed by atoms with Gasteiger partial charge in [-0.2, -0.15) is 0 Å². The van der Waals surface area contributed by atoms with E-state index >= 15 is 0 Å². The normalized spacial score (nSPS) is 20.0. The highest BCUT2D eigenvalue weighted by atomic mass is 32.1. The lowest BCUT2D eigenvalue weighted by Gasteiger charge is -2.39. The lowest BCUT2D eigenvalue weighted by molar-refractivity contribution is 0.323. The number of thiocarbonyl (C=S) groups is 1. The quantitative estimate of drug-likeness (QED) is 0.461. The summed E-state index contributed by atoms with van der Waals surface area (Å²) in [5, 5.41) is 7.46. The third-order valence-corrected chi connectivity index (χ3v) is 7.08. The van der Waals surface area contributed by atoms with Gasteiger partial charge in [-0.15, -0.1) is 0 Å². The summed E-state index contributed by atoms with van der Waals surface area (Å²) in [4.78, 5) is 0. The van der Waals surface area contributed by atoms with Crippen molar-refractivity contribution < 1.29 is 28.4 Å². The number of benzene rings is 2. The second-order valence-electron chi connectivity index (χ2n) is 8.89. The van der Waals surface area contributed by atoms with E-state index in [9.17, 15) is 0 Å². The molecule has 2 N–H and O–H groups in total. The van der Waals surface area contributed by atoms with E-state index in [0.717, 1.165) is 35.2 Å². The van der Waals surface area contributed by atoms with Gasteiger partial charge in [0.25, 0.3) is 0 Å². The molecule has 0 radical (unpaired) electrons. The van der Waals surface area contributed by atoms with Crippen LogP contribution in [0, 0.1) is 5.92 Å². The molecule has 0 aromatic heterocycles. The summed E-state index contributed by atoms with van der Waals surface area (Å²) in [6.45, 7) is 2.24. The van der Waals surface area contributed by atoms with Crippen LogP contribution in [0.1, 0.15) is 36.9 Å². The third kappa shape index (κ3) is 5.00. The van der Waals surface area contributed by atoms with Crippen molar-refractivity contribution in [3.63, 3.8) is 0 Å². The van der Waals surface area contributed by atoms with E-state index in [1.807, 2.05) is 24.3 Å². The Morgan fingerprint density at radius 3 is 1.78 bits per heavy atom. The highest BCUT2D eigenvalue weighted by molar-refractivity contribution is 7.80. The van der Waals surface area contributed by atoms with E-state index in [1.165, 1.54) is 5.57 Å². The molecular weight excluding hydrogens is 492 g/mol. The van der Waals surface area contributed by atoms with Gasteiger partial charge >= 0.3 is 0 Å². The molecule has 8 nitrogen and oxygen atoms in total. The number of rotatable bonds is 8. The molecule has 2 aromatic carbocycles. The monoisotopic (exact) mass is 526 g/mol. The maximum Gasteiger partial charge on any atom is 0.203 e. The van der Waals surface area contributed by atoms with E-state index in [-0.39, 0.29) is 6.04 Å². The van der Waals surface area contributed by atoms with Crippen molar-refractivity contribution in [3.8, 4) is 34.5 Å². The maximum absolute atomic E-state index is 5.66. The molecule has 0 saturated heterocycles. The zero-order valence-corrected chi connectivity index (χ0v) is 23.1. The maximum atomic E-state index is 5.66. The summed E-state index contributed by atoms with van der Waals surface area (Å²) < 4.78 is 33.4. The van der Waals surface area contributed by atoms with Gasteiger partial charge in [-0.25, -0.2) is 0 Å². The van der Waals surface area contributed by atoms with Crippen molar-refractivity contribution >= 4 is 23.4 Å². The predicted octanol–water partition coefficient (Wildman–Crippen LogP) is 5.02. The molecule has 0 bridgehead atoms. The van der Waals surface area contributed by atoms with Gasteiger partial charge in [0.2, 0.25) is 11.5 Å². The summed E-state index contributed by atoms with van der Waals surface area (Å²) >= 11 is 5.66. The summed E-state index contributed by atoms with van der Waals surface area (Å²) in [7, 11) is 9.67. The van der Waals surface area contributed by atoms with Gasteiger partial charge in [-0.3, -0.25) is 0 Å². The molecule has 0 fully saturated rings. The Morgan fingerprint density at radius 1 is 0.784 bits per heavy atom. The molecule has 2 aromatic rings. The molecule has 0 spiro atoms. The van der Waals surface area contributed by atoms with Crippen LogP contribution in [0.25, 0.3) is 6.08 Å². The first-order chi connectivity index (χ1) is 17.9. The third-order valence-electron chi connectivity index (χ3n) is 6.86. The Morgan fingerprint density at radius 2 is 1.30 bits per heavy atom. The van der Waals surface area contributed by atoms with Crippen LogP contribution >= 0.6 is 12.2 Å². The summed E-state index contributed by atoms with van der Waals surface area (Å²) in [5.41, 5.74) is 5.35. The number of methoxy groups -OCH3 is 6. The number of hydrogen-bond acceptors (Lipinski definition) is 7. The Bertz CT molecular complexity index is 1210. The molecule has 1 aliphatic heterocycles. The molecule has 1 heterocycles. The fourth-order valence-electron chi connectivity index (χ4n) is 5.09. The zero-order valence-electron chi connectivity index (χ0n) is 22.3. The molecule has 2 aliphatic rings. The van der Waals surface area contributed by atoms with Gasteiger partial charge in [-0.1, -0.05) is 6.92 Å². The molecule has 1 aliphatic carbocycles. The summed E-state index contributed by atoms with van der Waals surface area (Å²) in [5.74, 6) is 3.85. The summed E-state index contributed by atoms with van der Waals surface area (Å²) in [6, 6.07) is 7.69. The highest BCUT2D eigenvalue weighted by Crippen LogP contribution is 2.46. The molecule has 198 valence electrons. The lowest BCUT2D eigenvalue weighted by atomic mass is 9.77. The van der Waals surface area contributed by atoms with Gasteiger partial charge in [0.05, 0.1) is 48.7 Å². The Balaban J connectivity index is 1.85. The molecule has 0 amide bonds. The second-order valence-corrected chi connectivity index (χ2v) is 9.30. The SMILES string of the molecule is COc1cc(/C=C2\CCC(C)C3=C2NC(=S)NC3c2cc(OC)c(OC)c(OC)c2)cc(OC)c1OC. The van der Waals surface area contributed by atoms with Crippen molar-refractivity contribution in [2.45, 2.75) is 25.8 Å². The average Bonchev–Trinajstić information content (AvgIpc) is 2.92. The number of ether oxygens (including phenoxy) is 6. The van der Waals surface area contributed by atoms with Crippen LogP contribution in [0.2, 0.25) is 0 Å². The number of allylic oxidation sites excluding steroid dienone is 1. The van der Waals surface area contributed by atoms with Crippen LogP contribution in [-0.2, 0) is 0 Å². The fraction of sp³-hybridized carbons (Fsp3) is 0.393. The smallest absolute Gasteiger partial charge is 0.203 e. The van der Waals surface area contributed by atoms with E-state index in [0.29, 0.717) is 45.5 Å². The largest absolute Gasteiger partial charge is 0.493 e. The first-order valence-corrected chi connectivity index (χ1v) is 12.4. The first kappa shape index (κ1) is 26.5. The van der Waals surface area contributed by atoms with Crippen LogP contribution < -0.4 is 39.1 Å². The second kappa shape index (κ2) is 11.2. The van der Waals surface area contributed by atoms with Gasteiger partial charge in [0, 0.05) is 5.70 Å². The van der Waals surface area contributed by atoms with E-state index < -0.39 is 0 Å². The molecule has 2 atom stereocenters. The standard InChI is InChI=1S/C28H34N2O6S/c1-15-8-9-17(10-16-11-19(31-2)26(35-6)20(12-16)32-3)24-23(15)25(30-28(37)29-24)18-13-21(33-4)27(36-7)22(14-18)34-5/h10-15,25H,8-9H2,1-7H3,(H2,29,30,37)/b17-10+. The minimum absolute atomic E-state index is 0.156. The van der Waals surface area contributed by atoms with Crippen LogP contribution in [0.4, 0.5) is 0 Å². The van der Waals surface area contributed by atoms with Crippen molar-refractivity contribution in [1.82, 2.24) is 10.6 Å². The molecule has 2 unspecified atom stereocenters. The Kier molecular flexibility index (Phi) is 8.02. The van der Waals surface area contributed by atoms with E-state index in [1.54, 1.807) is 42.7 Å².